The first-order valence-electron chi connectivity index (χ1n) is 5.46. The van der Waals surface area contributed by atoms with Crippen LogP contribution < -0.4 is 11.5 Å². The van der Waals surface area contributed by atoms with Gasteiger partial charge < -0.3 is 16.6 Å². The van der Waals surface area contributed by atoms with Crippen LogP contribution in [-0.4, -0.2) is 48.7 Å². The second-order valence-electron chi connectivity index (χ2n) is 4.09. The summed E-state index contributed by atoms with van der Waals surface area (Å²) in [5.41, 5.74) is 10.1. The molecule has 9 nitrogen and oxygen atoms in total. The summed E-state index contributed by atoms with van der Waals surface area (Å²) in [7, 11) is -4.24. The van der Waals surface area contributed by atoms with Crippen LogP contribution in [0.25, 0.3) is 0 Å². The Hall–Kier alpha value is -1.98. The first-order chi connectivity index (χ1) is 9.55. The van der Waals surface area contributed by atoms with Gasteiger partial charge in [-0.15, -0.1) is 11.3 Å². The number of nitrogens with zero attached hydrogens (tertiary/aromatic N) is 1. The van der Waals surface area contributed by atoms with E-state index in [0.29, 0.717) is 15.6 Å². The van der Waals surface area contributed by atoms with E-state index < -0.39 is 40.9 Å². The van der Waals surface area contributed by atoms with Gasteiger partial charge in [-0.05, 0) is 18.6 Å². The zero-order valence-electron chi connectivity index (χ0n) is 10.9. The lowest BCUT2D eigenvalue weighted by molar-refractivity contribution is -0.120. The number of carbonyl (C=O) groups excluding carboxylic acids is 2. The Balaban J connectivity index is 3.28. The summed E-state index contributed by atoms with van der Waals surface area (Å²) < 4.78 is 24.8. The molecule has 0 saturated carbocycles. The van der Waals surface area contributed by atoms with Gasteiger partial charge in [-0.1, -0.05) is 0 Å². The summed E-state index contributed by atoms with van der Waals surface area (Å²) in [6.07, 6.45) is 0. The molecule has 0 radical (unpaired) electrons. The van der Waals surface area contributed by atoms with Crippen LogP contribution in [-0.2, 0) is 19.6 Å². The molecule has 1 aromatic rings. The van der Waals surface area contributed by atoms with Gasteiger partial charge in [0, 0.05) is 0 Å². The first kappa shape index (κ1) is 17.1. The predicted octanol–water partition coefficient (Wildman–Crippen LogP) is -1.28. The van der Waals surface area contributed by atoms with Crippen molar-refractivity contribution in [2.24, 2.45) is 11.5 Å². The third kappa shape index (κ3) is 4.00. The zero-order valence-corrected chi connectivity index (χ0v) is 12.5. The fraction of sp³-hybridized carbons (Fsp3) is 0.300. The fourth-order valence-corrected chi connectivity index (χ4v) is 4.40. The number of carboxylic acids is 1. The van der Waals surface area contributed by atoms with E-state index in [2.05, 4.69) is 0 Å². The van der Waals surface area contributed by atoms with Crippen molar-refractivity contribution in [1.29, 1.82) is 0 Å². The number of primary amides is 2. The average molecular weight is 335 g/mol. The number of sulfonamides is 1. The maximum Gasteiger partial charge on any atom is 0.346 e. The molecule has 0 saturated heterocycles. The van der Waals surface area contributed by atoms with Crippen LogP contribution >= 0.6 is 11.3 Å². The average Bonchev–Trinajstić information content (AvgIpc) is 2.70. The lowest BCUT2D eigenvalue weighted by Gasteiger charge is -2.17. The van der Waals surface area contributed by atoms with E-state index in [1.54, 1.807) is 0 Å². The Kier molecular flexibility index (Phi) is 5.04. The minimum Gasteiger partial charge on any atom is -0.477 e. The molecule has 1 rings (SSSR count). The third-order valence-electron chi connectivity index (χ3n) is 2.35. The Bertz CT molecular complexity index is 678. The van der Waals surface area contributed by atoms with Gasteiger partial charge in [0.25, 0.3) is 10.0 Å². The van der Waals surface area contributed by atoms with Gasteiger partial charge in [0.15, 0.2) is 0 Å². The van der Waals surface area contributed by atoms with E-state index in [4.69, 9.17) is 16.6 Å². The molecule has 0 aliphatic rings. The van der Waals surface area contributed by atoms with Gasteiger partial charge in [0.2, 0.25) is 11.8 Å². The molecular formula is C10H13N3O6S2. The molecule has 0 aromatic carbocycles. The van der Waals surface area contributed by atoms with Gasteiger partial charge in [-0.2, -0.15) is 4.31 Å². The molecule has 0 spiro atoms. The molecule has 0 unspecified atom stereocenters. The second kappa shape index (κ2) is 6.20. The van der Waals surface area contributed by atoms with E-state index in [0.717, 1.165) is 6.07 Å². The van der Waals surface area contributed by atoms with Gasteiger partial charge >= 0.3 is 5.97 Å². The van der Waals surface area contributed by atoms with Crippen molar-refractivity contribution in [3.05, 3.63) is 16.5 Å². The largest absolute Gasteiger partial charge is 0.477 e. The lowest BCUT2D eigenvalue weighted by atomic mass is 10.3. The molecule has 2 amide bonds. The van der Waals surface area contributed by atoms with Crippen molar-refractivity contribution in [3.63, 3.8) is 0 Å². The van der Waals surface area contributed by atoms with Crippen molar-refractivity contribution < 1.29 is 27.9 Å². The molecule has 0 aliphatic heterocycles. The summed E-state index contributed by atoms with van der Waals surface area (Å²) >= 11 is 0.524. The quantitative estimate of drug-likeness (QED) is 0.562. The highest BCUT2D eigenvalue weighted by atomic mass is 32.2. The number of aryl methyl sites for hydroxylation is 1. The molecule has 5 N–H and O–H groups in total. The highest BCUT2D eigenvalue weighted by molar-refractivity contribution is 7.91. The molecular weight excluding hydrogens is 322 g/mol. The highest BCUT2D eigenvalue weighted by Gasteiger charge is 2.30. The van der Waals surface area contributed by atoms with Crippen molar-refractivity contribution >= 4 is 39.1 Å². The maximum absolute atomic E-state index is 12.3. The number of rotatable bonds is 7. The van der Waals surface area contributed by atoms with E-state index >= 15 is 0 Å². The summed E-state index contributed by atoms with van der Waals surface area (Å²) in [6.45, 7) is -0.0270. The van der Waals surface area contributed by atoms with Crippen LogP contribution in [0.3, 0.4) is 0 Å². The first-order valence-corrected chi connectivity index (χ1v) is 7.72. The summed E-state index contributed by atoms with van der Waals surface area (Å²) in [5, 5.41) is 8.93. The second-order valence-corrected chi connectivity index (χ2v) is 7.31. The smallest absolute Gasteiger partial charge is 0.346 e. The van der Waals surface area contributed by atoms with Crippen molar-refractivity contribution in [3.8, 4) is 0 Å². The summed E-state index contributed by atoms with van der Waals surface area (Å²) in [6, 6.07) is 1.15. The van der Waals surface area contributed by atoms with Crippen LogP contribution in [0.2, 0.25) is 0 Å². The van der Waals surface area contributed by atoms with Crippen LogP contribution in [0.4, 0.5) is 0 Å². The number of thiophene rings is 1. The minimum atomic E-state index is -4.24. The van der Waals surface area contributed by atoms with Crippen LogP contribution in [0.5, 0.6) is 0 Å². The molecule has 0 aliphatic carbocycles. The summed E-state index contributed by atoms with van der Waals surface area (Å²) in [5.74, 6) is -3.20. The van der Waals surface area contributed by atoms with Crippen molar-refractivity contribution in [1.82, 2.24) is 4.31 Å². The molecule has 0 bridgehead atoms. The monoisotopic (exact) mass is 335 g/mol. The molecule has 1 aromatic heterocycles. The SMILES string of the molecule is Cc1cc(S(=O)(=O)N(CC(N)=O)CC(N)=O)sc1C(=O)O. The molecule has 116 valence electrons. The number of nitrogens with two attached hydrogens (primary N) is 2. The number of aromatic carboxylic acids is 1. The fourth-order valence-electron chi connectivity index (χ4n) is 1.49. The van der Waals surface area contributed by atoms with Gasteiger partial charge in [0.1, 0.15) is 9.09 Å². The standard InChI is InChI=1S/C10H13N3O6S2/c1-5-2-8(20-9(5)10(16)17)21(18,19)13(3-6(11)14)4-7(12)15/h2H,3-4H2,1H3,(H2,11,14)(H2,12,15)(H,16,17). The van der Waals surface area contributed by atoms with Crippen molar-refractivity contribution in [2.75, 3.05) is 13.1 Å². The van der Waals surface area contributed by atoms with Gasteiger partial charge in [-0.3, -0.25) is 9.59 Å². The van der Waals surface area contributed by atoms with E-state index in [9.17, 15) is 22.8 Å². The Labute approximate surface area is 124 Å². The number of carboxylic acid groups (broad SMARTS) is 1. The van der Waals surface area contributed by atoms with E-state index in [1.165, 1.54) is 6.92 Å². The Morgan fingerprint density at radius 2 is 1.71 bits per heavy atom. The lowest BCUT2D eigenvalue weighted by Crippen LogP contribution is -2.43. The highest BCUT2D eigenvalue weighted by Crippen LogP contribution is 2.28. The normalized spacial score (nSPS) is 11.5. The van der Waals surface area contributed by atoms with E-state index in [-0.39, 0.29) is 14.6 Å². The van der Waals surface area contributed by atoms with Crippen LogP contribution in [0.1, 0.15) is 15.2 Å². The number of carbonyl (C=O) groups is 3. The Morgan fingerprint density at radius 1 is 1.24 bits per heavy atom. The maximum atomic E-state index is 12.3. The van der Waals surface area contributed by atoms with Gasteiger partial charge in [-0.25, -0.2) is 13.2 Å². The number of hydrogen-bond donors (Lipinski definition) is 3. The topological polar surface area (TPSA) is 161 Å². The third-order valence-corrected chi connectivity index (χ3v) is 5.81. The van der Waals surface area contributed by atoms with Crippen LogP contribution in [0.15, 0.2) is 10.3 Å². The summed E-state index contributed by atoms with van der Waals surface area (Å²) in [4.78, 5) is 32.6. The van der Waals surface area contributed by atoms with Gasteiger partial charge in [0.05, 0.1) is 13.1 Å². The number of amides is 2. The Morgan fingerprint density at radius 3 is 2.05 bits per heavy atom. The molecule has 11 heteroatoms. The molecule has 1 heterocycles. The van der Waals surface area contributed by atoms with E-state index in [1.807, 2.05) is 0 Å². The van der Waals surface area contributed by atoms with Crippen molar-refractivity contribution in [2.45, 2.75) is 11.1 Å². The molecule has 21 heavy (non-hydrogen) atoms. The minimum absolute atomic E-state index is 0.147. The van der Waals surface area contributed by atoms with Crippen LogP contribution in [0, 0.1) is 6.92 Å². The molecule has 0 atom stereocenters. The zero-order chi connectivity index (χ0) is 16.4. The molecule has 0 fully saturated rings. The predicted molar refractivity (Wildman–Crippen MR) is 73.2 cm³/mol. The number of hydrogen-bond acceptors (Lipinski definition) is 6.